The van der Waals surface area contributed by atoms with Crippen molar-refractivity contribution in [2.45, 2.75) is 39.8 Å². The molecule has 1 amide bonds. The first kappa shape index (κ1) is 19.6. The van der Waals surface area contributed by atoms with Gasteiger partial charge in [0.05, 0.1) is 13.2 Å². The maximum Gasteiger partial charge on any atom is 0.261 e. The Balaban J connectivity index is 1.81. The van der Waals surface area contributed by atoms with Crippen LogP contribution in [-0.4, -0.2) is 31.8 Å². The zero-order chi connectivity index (χ0) is 19.1. The largest absolute Gasteiger partial charge is 0.497 e. The number of ether oxygens (including phenoxy) is 3. The Morgan fingerprint density at radius 2 is 1.54 bits per heavy atom. The molecule has 2 atom stereocenters. The number of carbonyl (C=O) groups excluding carboxylic acids is 1. The molecule has 2 aromatic rings. The second-order valence-corrected chi connectivity index (χ2v) is 6.48. The second-order valence-electron chi connectivity index (χ2n) is 6.48. The summed E-state index contributed by atoms with van der Waals surface area (Å²) in [4.78, 5) is 12.3. The Labute approximate surface area is 155 Å². The lowest BCUT2D eigenvalue weighted by Gasteiger charge is -2.19. The minimum Gasteiger partial charge on any atom is -0.497 e. The molecule has 26 heavy (non-hydrogen) atoms. The topological polar surface area (TPSA) is 56.8 Å². The van der Waals surface area contributed by atoms with Gasteiger partial charge >= 0.3 is 0 Å². The summed E-state index contributed by atoms with van der Waals surface area (Å²) in [5.74, 6) is 2.03. The predicted molar refractivity (Wildman–Crippen MR) is 102 cm³/mol. The highest BCUT2D eigenvalue weighted by atomic mass is 16.5. The molecule has 0 spiro atoms. The smallest absolute Gasteiger partial charge is 0.261 e. The van der Waals surface area contributed by atoms with Crippen LogP contribution in [0.1, 0.15) is 25.0 Å². The maximum atomic E-state index is 12.3. The maximum absolute atomic E-state index is 12.3. The summed E-state index contributed by atoms with van der Waals surface area (Å²) in [5, 5.41) is 2.91. The fraction of sp³-hybridized carbons (Fsp3) is 0.381. The number of amides is 1. The zero-order valence-electron chi connectivity index (χ0n) is 16.0. The molecule has 0 aromatic heterocycles. The number of hydrogen-bond acceptors (Lipinski definition) is 4. The SMILES string of the molecule is COc1ccc(OC[C@H](C)NC(=O)[C@@H](C)Oc2cc(C)cc(C)c2)cc1. The number of methoxy groups -OCH3 is 1. The minimum absolute atomic E-state index is 0.144. The van der Waals surface area contributed by atoms with Gasteiger partial charge in [-0.05, 0) is 75.2 Å². The number of benzene rings is 2. The zero-order valence-corrected chi connectivity index (χ0v) is 16.0. The minimum atomic E-state index is -0.584. The first-order chi connectivity index (χ1) is 12.4. The Morgan fingerprint density at radius 1 is 0.962 bits per heavy atom. The van der Waals surface area contributed by atoms with Crippen molar-refractivity contribution in [3.8, 4) is 17.2 Å². The Morgan fingerprint density at radius 3 is 2.12 bits per heavy atom. The lowest BCUT2D eigenvalue weighted by Crippen LogP contribution is -2.43. The molecule has 5 nitrogen and oxygen atoms in total. The fourth-order valence-corrected chi connectivity index (χ4v) is 2.55. The monoisotopic (exact) mass is 357 g/mol. The highest BCUT2D eigenvalue weighted by Crippen LogP contribution is 2.18. The summed E-state index contributed by atoms with van der Waals surface area (Å²) in [6, 6.07) is 13.1. The van der Waals surface area contributed by atoms with E-state index in [0.29, 0.717) is 12.4 Å². The standard InChI is InChI=1S/C21H27NO4/c1-14-10-15(2)12-20(11-14)26-17(4)21(23)22-16(3)13-25-19-8-6-18(24-5)7-9-19/h6-12,16-17H,13H2,1-5H3,(H,22,23)/t16-,17+/m0/s1. The summed E-state index contributed by atoms with van der Waals surface area (Å²) in [5.41, 5.74) is 2.21. The molecule has 0 radical (unpaired) electrons. The van der Waals surface area contributed by atoms with Crippen LogP contribution in [0.15, 0.2) is 42.5 Å². The molecule has 2 aromatic carbocycles. The molecule has 0 aliphatic rings. The van der Waals surface area contributed by atoms with Crippen LogP contribution in [0.5, 0.6) is 17.2 Å². The number of hydrogen-bond donors (Lipinski definition) is 1. The molecule has 1 N–H and O–H groups in total. The lowest BCUT2D eigenvalue weighted by molar-refractivity contribution is -0.128. The molecule has 0 aliphatic carbocycles. The first-order valence-electron chi connectivity index (χ1n) is 8.69. The van der Waals surface area contributed by atoms with E-state index in [0.717, 1.165) is 22.6 Å². The third-order valence-electron chi connectivity index (χ3n) is 3.83. The van der Waals surface area contributed by atoms with E-state index in [2.05, 4.69) is 11.4 Å². The molecule has 140 valence electrons. The van der Waals surface area contributed by atoms with E-state index in [4.69, 9.17) is 14.2 Å². The van der Waals surface area contributed by atoms with Crippen LogP contribution in [0.2, 0.25) is 0 Å². The van der Waals surface area contributed by atoms with Crippen molar-refractivity contribution in [3.05, 3.63) is 53.6 Å². The second kappa shape index (κ2) is 9.13. The van der Waals surface area contributed by atoms with Crippen LogP contribution in [0.25, 0.3) is 0 Å². The Bertz CT molecular complexity index is 707. The van der Waals surface area contributed by atoms with Crippen LogP contribution >= 0.6 is 0 Å². The third-order valence-corrected chi connectivity index (χ3v) is 3.83. The molecule has 0 bridgehead atoms. The number of rotatable bonds is 8. The van der Waals surface area contributed by atoms with Gasteiger partial charge in [-0.1, -0.05) is 6.07 Å². The van der Waals surface area contributed by atoms with Gasteiger partial charge < -0.3 is 19.5 Å². The fourth-order valence-electron chi connectivity index (χ4n) is 2.55. The molecule has 0 fully saturated rings. The van der Waals surface area contributed by atoms with Crippen LogP contribution in [0, 0.1) is 13.8 Å². The summed E-state index contributed by atoms with van der Waals surface area (Å²) in [7, 11) is 1.62. The van der Waals surface area contributed by atoms with Gasteiger partial charge in [0.1, 0.15) is 23.9 Å². The molecule has 0 saturated carbocycles. The number of nitrogens with one attached hydrogen (secondary N) is 1. The molecule has 0 aliphatic heterocycles. The quantitative estimate of drug-likeness (QED) is 0.783. The highest BCUT2D eigenvalue weighted by Gasteiger charge is 2.17. The van der Waals surface area contributed by atoms with Crippen LogP contribution in [-0.2, 0) is 4.79 Å². The summed E-state index contributed by atoms with van der Waals surface area (Å²) in [6.45, 7) is 8.01. The highest BCUT2D eigenvalue weighted by molar-refractivity contribution is 5.81. The van der Waals surface area contributed by atoms with E-state index in [9.17, 15) is 4.79 Å². The van der Waals surface area contributed by atoms with E-state index in [-0.39, 0.29) is 11.9 Å². The Kier molecular flexibility index (Phi) is 6.89. The van der Waals surface area contributed by atoms with E-state index in [1.54, 1.807) is 14.0 Å². The van der Waals surface area contributed by atoms with Crippen LogP contribution in [0.3, 0.4) is 0 Å². The molecule has 0 unspecified atom stereocenters. The van der Waals surface area contributed by atoms with E-state index in [1.807, 2.05) is 57.2 Å². The van der Waals surface area contributed by atoms with Crippen molar-refractivity contribution in [2.24, 2.45) is 0 Å². The van der Waals surface area contributed by atoms with Gasteiger partial charge in [0.25, 0.3) is 5.91 Å². The molecular weight excluding hydrogens is 330 g/mol. The summed E-state index contributed by atoms with van der Waals surface area (Å²) >= 11 is 0. The third kappa shape index (κ3) is 5.99. The van der Waals surface area contributed by atoms with E-state index >= 15 is 0 Å². The molecule has 2 rings (SSSR count). The van der Waals surface area contributed by atoms with Crippen LogP contribution in [0.4, 0.5) is 0 Å². The van der Waals surface area contributed by atoms with Gasteiger partial charge in [0.2, 0.25) is 0 Å². The van der Waals surface area contributed by atoms with Crippen molar-refractivity contribution in [3.63, 3.8) is 0 Å². The van der Waals surface area contributed by atoms with Gasteiger partial charge in [-0.15, -0.1) is 0 Å². The Hall–Kier alpha value is -2.69. The number of aryl methyl sites for hydroxylation is 2. The average Bonchev–Trinajstić information content (AvgIpc) is 2.59. The molecule has 5 heteroatoms. The van der Waals surface area contributed by atoms with Gasteiger partial charge in [-0.25, -0.2) is 0 Å². The van der Waals surface area contributed by atoms with E-state index < -0.39 is 6.10 Å². The van der Waals surface area contributed by atoms with Crippen molar-refractivity contribution in [1.29, 1.82) is 0 Å². The van der Waals surface area contributed by atoms with Crippen LogP contribution < -0.4 is 19.5 Å². The first-order valence-corrected chi connectivity index (χ1v) is 8.69. The molecule has 0 heterocycles. The van der Waals surface area contributed by atoms with Crippen molar-refractivity contribution in [2.75, 3.05) is 13.7 Å². The summed E-state index contributed by atoms with van der Waals surface area (Å²) < 4.78 is 16.6. The van der Waals surface area contributed by atoms with Crippen molar-refractivity contribution >= 4 is 5.91 Å². The van der Waals surface area contributed by atoms with Gasteiger partial charge in [-0.2, -0.15) is 0 Å². The van der Waals surface area contributed by atoms with Gasteiger partial charge in [0, 0.05) is 0 Å². The normalized spacial score (nSPS) is 12.8. The lowest BCUT2D eigenvalue weighted by atomic mass is 10.1. The molecule has 0 saturated heterocycles. The van der Waals surface area contributed by atoms with Gasteiger partial charge in [-0.3, -0.25) is 4.79 Å². The average molecular weight is 357 g/mol. The predicted octanol–water partition coefficient (Wildman–Crippen LogP) is 3.66. The van der Waals surface area contributed by atoms with Gasteiger partial charge in [0.15, 0.2) is 6.10 Å². The number of carbonyl (C=O) groups is 1. The van der Waals surface area contributed by atoms with Crippen molar-refractivity contribution in [1.82, 2.24) is 5.32 Å². The van der Waals surface area contributed by atoms with Crippen molar-refractivity contribution < 1.29 is 19.0 Å². The van der Waals surface area contributed by atoms with E-state index in [1.165, 1.54) is 0 Å². The molecular formula is C21H27NO4. The summed E-state index contributed by atoms with van der Waals surface area (Å²) in [6.07, 6.45) is -0.584.